The van der Waals surface area contributed by atoms with Gasteiger partial charge in [-0.1, -0.05) is 19.1 Å². The molecule has 1 aliphatic heterocycles. The lowest BCUT2D eigenvalue weighted by Gasteiger charge is -2.26. The van der Waals surface area contributed by atoms with Gasteiger partial charge in [0.25, 0.3) is 0 Å². The van der Waals surface area contributed by atoms with Crippen LogP contribution in [0.2, 0.25) is 0 Å². The van der Waals surface area contributed by atoms with Crippen LogP contribution in [-0.4, -0.2) is 25.2 Å². The predicted octanol–water partition coefficient (Wildman–Crippen LogP) is 0.858. The van der Waals surface area contributed by atoms with Crippen molar-refractivity contribution >= 4 is 5.91 Å². The Labute approximate surface area is 78.1 Å². The van der Waals surface area contributed by atoms with Crippen molar-refractivity contribution in [3.63, 3.8) is 0 Å². The summed E-state index contributed by atoms with van der Waals surface area (Å²) in [6, 6.07) is 0. The van der Waals surface area contributed by atoms with Gasteiger partial charge in [0.05, 0.1) is 12.0 Å². The largest absolute Gasteiger partial charge is 0.374 e. The Morgan fingerprint density at radius 2 is 2.31 bits per heavy atom. The minimum Gasteiger partial charge on any atom is -0.374 e. The minimum atomic E-state index is -0.338. The molecule has 2 atom stereocenters. The zero-order valence-electron chi connectivity index (χ0n) is 8.09. The molecule has 0 unspecified atom stereocenters. The van der Waals surface area contributed by atoms with Crippen LogP contribution in [0.15, 0.2) is 12.2 Å². The molecule has 0 aromatic carbocycles. The van der Waals surface area contributed by atoms with Crippen LogP contribution < -0.4 is 5.32 Å². The van der Waals surface area contributed by atoms with Crippen LogP contribution in [0.5, 0.6) is 0 Å². The first-order valence-electron chi connectivity index (χ1n) is 4.60. The molecule has 2 bridgehead atoms. The summed E-state index contributed by atoms with van der Waals surface area (Å²) < 4.78 is 5.44. The SMILES string of the molecule is CO[C@@]12C=C[C@@](C)(CNC(=O)C1)C2. The maximum atomic E-state index is 11.4. The molecule has 2 aliphatic rings. The van der Waals surface area contributed by atoms with E-state index in [2.05, 4.69) is 18.3 Å². The molecule has 1 saturated heterocycles. The average Bonchev–Trinajstić information content (AvgIpc) is 2.35. The molecule has 1 fully saturated rings. The van der Waals surface area contributed by atoms with Crippen molar-refractivity contribution in [3.05, 3.63) is 12.2 Å². The summed E-state index contributed by atoms with van der Waals surface area (Å²) in [7, 11) is 1.68. The van der Waals surface area contributed by atoms with Gasteiger partial charge in [0.1, 0.15) is 0 Å². The Bertz CT molecular complexity index is 274. The molecule has 0 radical (unpaired) electrons. The molecule has 3 heteroatoms. The van der Waals surface area contributed by atoms with E-state index in [1.54, 1.807) is 7.11 Å². The summed E-state index contributed by atoms with van der Waals surface area (Å²) >= 11 is 0. The van der Waals surface area contributed by atoms with Crippen LogP contribution in [0.3, 0.4) is 0 Å². The van der Waals surface area contributed by atoms with E-state index in [9.17, 15) is 4.79 Å². The Kier molecular flexibility index (Phi) is 1.74. The van der Waals surface area contributed by atoms with E-state index in [0.29, 0.717) is 6.42 Å². The standard InChI is InChI=1S/C10H15NO2/c1-9-3-4-10(6-9,13-2)5-8(12)11-7-9/h3-4H,5-7H2,1-2H3,(H,11,12)/t9-,10+/m1/s1. The van der Waals surface area contributed by atoms with Crippen molar-refractivity contribution in [2.45, 2.75) is 25.4 Å². The smallest absolute Gasteiger partial charge is 0.223 e. The maximum absolute atomic E-state index is 11.4. The first-order valence-corrected chi connectivity index (χ1v) is 4.60. The van der Waals surface area contributed by atoms with Gasteiger partial charge in [0.2, 0.25) is 5.91 Å². The number of carbonyl (C=O) groups is 1. The minimum absolute atomic E-state index is 0.0855. The average molecular weight is 181 g/mol. The number of ether oxygens (including phenoxy) is 1. The maximum Gasteiger partial charge on any atom is 0.223 e. The highest BCUT2D eigenvalue weighted by atomic mass is 16.5. The van der Waals surface area contributed by atoms with Crippen molar-refractivity contribution in [3.8, 4) is 0 Å². The summed E-state index contributed by atoms with van der Waals surface area (Å²) in [6.07, 6.45) is 5.58. The molecule has 3 nitrogen and oxygen atoms in total. The number of hydrogen-bond acceptors (Lipinski definition) is 2. The highest BCUT2D eigenvalue weighted by Crippen LogP contribution is 2.42. The van der Waals surface area contributed by atoms with E-state index in [4.69, 9.17) is 4.74 Å². The molecule has 0 aromatic heterocycles. The van der Waals surface area contributed by atoms with Crippen molar-refractivity contribution in [2.24, 2.45) is 5.41 Å². The van der Waals surface area contributed by atoms with E-state index < -0.39 is 0 Å². The Morgan fingerprint density at radius 3 is 3.00 bits per heavy atom. The zero-order chi connectivity index (χ0) is 9.53. The first kappa shape index (κ1) is 8.75. The molecule has 1 N–H and O–H groups in total. The van der Waals surface area contributed by atoms with Gasteiger partial charge >= 0.3 is 0 Å². The molecule has 0 saturated carbocycles. The number of rotatable bonds is 1. The number of nitrogens with one attached hydrogen (secondary N) is 1. The van der Waals surface area contributed by atoms with Crippen LogP contribution in [0.4, 0.5) is 0 Å². The van der Waals surface area contributed by atoms with Gasteiger partial charge in [0.15, 0.2) is 0 Å². The fraction of sp³-hybridized carbons (Fsp3) is 0.700. The zero-order valence-corrected chi connectivity index (χ0v) is 8.09. The number of hydrogen-bond donors (Lipinski definition) is 1. The number of methoxy groups -OCH3 is 1. The normalized spacial score (nSPS) is 43.1. The van der Waals surface area contributed by atoms with Gasteiger partial charge < -0.3 is 10.1 Å². The third kappa shape index (κ3) is 1.37. The number of amides is 1. The lowest BCUT2D eigenvalue weighted by molar-refractivity contribution is -0.124. The molecular weight excluding hydrogens is 166 g/mol. The second-order valence-electron chi connectivity index (χ2n) is 4.39. The van der Waals surface area contributed by atoms with E-state index in [0.717, 1.165) is 13.0 Å². The Balaban J connectivity index is 2.31. The molecule has 2 rings (SSSR count). The summed E-state index contributed by atoms with van der Waals surface area (Å²) in [4.78, 5) is 11.4. The van der Waals surface area contributed by atoms with E-state index in [1.165, 1.54) is 0 Å². The van der Waals surface area contributed by atoms with Crippen LogP contribution >= 0.6 is 0 Å². The lowest BCUT2D eigenvalue weighted by Crippen LogP contribution is -2.32. The van der Waals surface area contributed by atoms with Gasteiger partial charge in [-0.15, -0.1) is 0 Å². The highest BCUT2D eigenvalue weighted by Gasteiger charge is 2.45. The fourth-order valence-electron chi connectivity index (χ4n) is 2.24. The highest BCUT2D eigenvalue weighted by molar-refractivity contribution is 5.78. The fourth-order valence-corrected chi connectivity index (χ4v) is 2.24. The van der Waals surface area contributed by atoms with Crippen molar-refractivity contribution in [1.82, 2.24) is 5.32 Å². The molecule has 1 aliphatic carbocycles. The first-order chi connectivity index (χ1) is 6.08. The topological polar surface area (TPSA) is 38.3 Å². The number of carbonyl (C=O) groups excluding carboxylic acids is 1. The molecule has 0 spiro atoms. The van der Waals surface area contributed by atoms with E-state index in [1.807, 2.05) is 6.08 Å². The molecule has 1 amide bonds. The van der Waals surface area contributed by atoms with E-state index in [-0.39, 0.29) is 16.9 Å². The number of fused-ring (bicyclic) bond motifs is 2. The van der Waals surface area contributed by atoms with Crippen LogP contribution in [0.25, 0.3) is 0 Å². The molecule has 72 valence electrons. The van der Waals surface area contributed by atoms with Crippen molar-refractivity contribution in [1.29, 1.82) is 0 Å². The Morgan fingerprint density at radius 1 is 1.54 bits per heavy atom. The second-order valence-corrected chi connectivity index (χ2v) is 4.39. The third-order valence-corrected chi connectivity index (χ3v) is 3.05. The summed E-state index contributed by atoms with van der Waals surface area (Å²) in [5.74, 6) is 0.0925. The molecular formula is C10H15NO2. The van der Waals surface area contributed by atoms with Gasteiger partial charge in [-0.05, 0) is 6.42 Å². The van der Waals surface area contributed by atoms with Gasteiger partial charge in [0, 0.05) is 19.1 Å². The summed E-state index contributed by atoms with van der Waals surface area (Å²) in [5.41, 5.74) is -0.252. The monoisotopic (exact) mass is 181 g/mol. The molecule has 1 heterocycles. The van der Waals surface area contributed by atoms with Gasteiger partial charge in [-0.2, -0.15) is 0 Å². The second kappa shape index (κ2) is 2.58. The summed E-state index contributed by atoms with van der Waals surface area (Å²) in [6.45, 7) is 2.88. The molecule has 0 aromatic rings. The van der Waals surface area contributed by atoms with Gasteiger partial charge in [-0.25, -0.2) is 0 Å². The van der Waals surface area contributed by atoms with Crippen molar-refractivity contribution < 1.29 is 9.53 Å². The summed E-state index contributed by atoms with van der Waals surface area (Å²) in [5, 5.41) is 2.91. The quantitative estimate of drug-likeness (QED) is 0.609. The Hall–Kier alpha value is -0.830. The van der Waals surface area contributed by atoms with Crippen LogP contribution in [0.1, 0.15) is 19.8 Å². The van der Waals surface area contributed by atoms with Crippen LogP contribution in [-0.2, 0) is 9.53 Å². The lowest BCUT2D eigenvalue weighted by atomic mass is 9.86. The van der Waals surface area contributed by atoms with E-state index >= 15 is 0 Å². The predicted molar refractivity (Wildman–Crippen MR) is 49.2 cm³/mol. The third-order valence-electron chi connectivity index (χ3n) is 3.05. The molecule has 13 heavy (non-hydrogen) atoms. The van der Waals surface area contributed by atoms with Crippen LogP contribution in [0, 0.1) is 5.41 Å². The van der Waals surface area contributed by atoms with Crippen molar-refractivity contribution in [2.75, 3.05) is 13.7 Å². The van der Waals surface area contributed by atoms with Gasteiger partial charge in [-0.3, -0.25) is 4.79 Å².